The van der Waals surface area contributed by atoms with Crippen LogP contribution in [0, 0.1) is 30.6 Å². The molecule has 2 N–H and O–H groups in total. The van der Waals surface area contributed by atoms with Gasteiger partial charge in [-0.25, -0.2) is 0 Å². The highest BCUT2D eigenvalue weighted by atomic mass is 35.5. The van der Waals surface area contributed by atoms with Gasteiger partial charge in [0.05, 0.1) is 0 Å². The first-order valence-corrected chi connectivity index (χ1v) is 10.4. The molecular formula is C22H27Cl2NO2. The van der Waals surface area contributed by atoms with E-state index in [9.17, 15) is 4.79 Å². The van der Waals surface area contributed by atoms with Crippen LogP contribution >= 0.6 is 23.2 Å². The van der Waals surface area contributed by atoms with Crippen LogP contribution in [0.4, 0.5) is 0 Å². The second kappa shape index (κ2) is 9.27. The van der Waals surface area contributed by atoms with E-state index in [0.717, 1.165) is 34.1 Å². The van der Waals surface area contributed by atoms with Gasteiger partial charge in [0.2, 0.25) is 0 Å². The highest BCUT2D eigenvalue weighted by molar-refractivity contribution is 6.36. The highest BCUT2D eigenvalue weighted by Crippen LogP contribution is 2.48. The molecule has 0 radical (unpaired) electrons. The molecule has 3 rings (SSSR count). The SMILES string of the molecule is Cc1cc(Cl)c(CNC[C@@H]2[C@@H](/C=C\CCCC(=O)O)[C@@H]3C=C[C@H]2C3)c(Cl)c1. The molecule has 0 aliphatic heterocycles. The molecule has 1 aromatic rings. The second-order valence-corrected chi connectivity index (χ2v) is 8.56. The van der Waals surface area contributed by atoms with Crippen molar-refractivity contribution in [2.45, 2.75) is 39.2 Å². The van der Waals surface area contributed by atoms with Crippen molar-refractivity contribution in [3.8, 4) is 0 Å². The molecule has 5 heteroatoms. The lowest BCUT2D eigenvalue weighted by molar-refractivity contribution is -0.137. The monoisotopic (exact) mass is 407 g/mol. The first kappa shape index (κ1) is 20.4. The fourth-order valence-electron chi connectivity index (χ4n) is 4.42. The number of hydrogen-bond acceptors (Lipinski definition) is 2. The Morgan fingerprint density at radius 2 is 1.96 bits per heavy atom. The van der Waals surface area contributed by atoms with E-state index in [0.29, 0.717) is 36.6 Å². The van der Waals surface area contributed by atoms with Crippen molar-refractivity contribution in [3.63, 3.8) is 0 Å². The van der Waals surface area contributed by atoms with Crippen molar-refractivity contribution >= 4 is 29.2 Å². The average molecular weight is 408 g/mol. The third-order valence-electron chi connectivity index (χ3n) is 5.78. The molecule has 27 heavy (non-hydrogen) atoms. The molecule has 2 aliphatic carbocycles. The van der Waals surface area contributed by atoms with Crippen molar-refractivity contribution in [1.82, 2.24) is 5.32 Å². The number of halogens is 2. The lowest BCUT2D eigenvalue weighted by Gasteiger charge is -2.26. The third-order valence-corrected chi connectivity index (χ3v) is 6.45. The standard InChI is InChI=1S/C22H27Cl2NO2/c1-14-9-20(23)19(21(24)10-14)13-25-12-18-16-8-7-15(11-16)17(18)5-3-2-4-6-22(26)27/h3,5,7-10,15-18,25H,2,4,6,11-13H2,1H3,(H,26,27)/b5-3-/t15-,16+,17+,18+/m1/s1. The van der Waals surface area contributed by atoms with Crippen LogP contribution in [-0.4, -0.2) is 17.6 Å². The van der Waals surface area contributed by atoms with Crippen molar-refractivity contribution < 1.29 is 9.90 Å². The number of carbonyl (C=O) groups is 1. The number of hydrogen-bond donors (Lipinski definition) is 2. The summed E-state index contributed by atoms with van der Waals surface area (Å²) in [7, 11) is 0. The number of aryl methyl sites for hydroxylation is 1. The lowest BCUT2D eigenvalue weighted by atomic mass is 9.82. The van der Waals surface area contributed by atoms with Gasteiger partial charge in [-0.1, -0.05) is 47.5 Å². The van der Waals surface area contributed by atoms with Gasteiger partial charge in [0.15, 0.2) is 0 Å². The Kier molecular flexibility index (Phi) is 7.02. The highest BCUT2D eigenvalue weighted by Gasteiger charge is 2.42. The molecule has 0 saturated heterocycles. The maximum absolute atomic E-state index is 10.6. The smallest absolute Gasteiger partial charge is 0.303 e. The van der Waals surface area contributed by atoms with E-state index >= 15 is 0 Å². The van der Waals surface area contributed by atoms with E-state index in [4.69, 9.17) is 28.3 Å². The van der Waals surface area contributed by atoms with Gasteiger partial charge in [-0.3, -0.25) is 4.79 Å². The minimum absolute atomic E-state index is 0.240. The van der Waals surface area contributed by atoms with Crippen LogP contribution in [0.2, 0.25) is 10.0 Å². The summed E-state index contributed by atoms with van der Waals surface area (Å²) in [6.07, 6.45) is 12.2. The lowest BCUT2D eigenvalue weighted by Crippen LogP contribution is -2.30. The molecule has 146 valence electrons. The van der Waals surface area contributed by atoms with Gasteiger partial charge in [0, 0.05) is 28.6 Å². The second-order valence-electron chi connectivity index (χ2n) is 7.74. The average Bonchev–Trinajstić information content (AvgIpc) is 3.18. The number of nitrogens with one attached hydrogen (secondary N) is 1. The Bertz CT molecular complexity index is 721. The van der Waals surface area contributed by atoms with Crippen molar-refractivity contribution in [2.24, 2.45) is 23.7 Å². The summed E-state index contributed by atoms with van der Waals surface area (Å²) in [5.74, 6) is 1.62. The molecule has 4 atom stereocenters. The predicted octanol–water partition coefficient (Wildman–Crippen LogP) is 5.64. The molecule has 0 heterocycles. The van der Waals surface area contributed by atoms with Crippen LogP contribution in [-0.2, 0) is 11.3 Å². The molecule has 1 aromatic carbocycles. The van der Waals surface area contributed by atoms with Crippen LogP contribution in [0.15, 0.2) is 36.4 Å². The van der Waals surface area contributed by atoms with E-state index in [1.807, 2.05) is 19.1 Å². The Morgan fingerprint density at radius 3 is 2.67 bits per heavy atom. The van der Waals surface area contributed by atoms with Gasteiger partial charge in [-0.2, -0.15) is 0 Å². The van der Waals surface area contributed by atoms with Crippen molar-refractivity contribution in [3.05, 3.63) is 57.6 Å². The third kappa shape index (κ3) is 5.16. The molecule has 0 unspecified atom stereocenters. The molecule has 0 spiro atoms. The zero-order chi connectivity index (χ0) is 19.4. The van der Waals surface area contributed by atoms with Crippen molar-refractivity contribution in [2.75, 3.05) is 6.54 Å². The van der Waals surface area contributed by atoms with Gasteiger partial charge in [-0.05, 0) is 74.1 Å². The molecule has 1 fully saturated rings. The Balaban J connectivity index is 1.54. The maximum atomic E-state index is 10.6. The Hall–Kier alpha value is -1.29. The number of fused-ring (bicyclic) bond motifs is 2. The van der Waals surface area contributed by atoms with E-state index in [1.165, 1.54) is 6.42 Å². The van der Waals surface area contributed by atoms with Gasteiger partial charge in [-0.15, -0.1) is 0 Å². The van der Waals surface area contributed by atoms with Crippen molar-refractivity contribution in [1.29, 1.82) is 0 Å². The first-order valence-electron chi connectivity index (χ1n) is 9.67. The largest absolute Gasteiger partial charge is 0.481 e. The zero-order valence-electron chi connectivity index (χ0n) is 15.6. The molecule has 3 nitrogen and oxygen atoms in total. The molecule has 1 saturated carbocycles. The predicted molar refractivity (Wildman–Crippen MR) is 111 cm³/mol. The summed E-state index contributed by atoms with van der Waals surface area (Å²) in [5.41, 5.74) is 2.03. The number of carboxylic acid groups (broad SMARTS) is 1. The summed E-state index contributed by atoms with van der Waals surface area (Å²) < 4.78 is 0. The molecule has 0 amide bonds. The van der Waals surface area contributed by atoms with Crippen LogP contribution < -0.4 is 5.32 Å². The topological polar surface area (TPSA) is 49.3 Å². The summed E-state index contributed by atoms with van der Waals surface area (Å²) in [6.45, 7) is 3.59. The van der Waals surface area contributed by atoms with Crippen LogP contribution in [0.3, 0.4) is 0 Å². The van der Waals surface area contributed by atoms with E-state index < -0.39 is 5.97 Å². The number of carboxylic acids is 1. The molecular weight excluding hydrogens is 381 g/mol. The molecule has 0 aromatic heterocycles. The fraction of sp³-hybridized carbons (Fsp3) is 0.500. The summed E-state index contributed by atoms with van der Waals surface area (Å²) in [5, 5.41) is 13.7. The normalized spacial score (nSPS) is 26.3. The Labute approximate surface area is 171 Å². The van der Waals surface area contributed by atoms with Gasteiger partial charge in [0.1, 0.15) is 0 Å². The maximum Gasteiger partial charge on any atom is 0.303 e. The number of unbranched alkanes of at least 4 members (excludes halogenated alkanes) is 1. The Morgan fingerprint density at radius 1 is 1.26 bits per heavy atom. The fourth-order valence-corrected chi connectivity index (χ4v) is 5.15. The van der Waals surface area contributed by atoms with Crippen LogP contribution in [0.1, 0.15) is 36.8 Å². The van der Waals surface area contributed by atoms with E-state index in [2.05, 4.69) is 29.6 Å². The number of allylic oxidation sites excluding steroid dienone is 4. The molecule has 2 aliphatic rings. The minimum Gasteiger partial charge on any atom is -0.481 e. The van der Waals surface area contributed by atoms with Gasteiger partial charge < -0.3 is 10.4 Å². The zero-order valence-corrected chi connectivity index (χ0v) is 17.1. The summed E-state index contributed by atoms with van der Waals surface area (Å²) in [4.78, 5) is 10.6. The summed E-state index contributed by atoms with van der Waals surface area (Å²) in [6, 6.07) is 3.90. The van der Waals surface area contributed by atoms with Gasteiger partial charge >= 0.3 is 5.97 Å². The minimum atomic E-state index is -0.721. The quantitative estimate of drug-likeness (QED) is 0.411. The number of benzene rings is 1. The van der Waals surface area contributed by atoms with Crippen LogP contribution in [0.5, 0.6) is 0 Å². The number of rotatable bonds is 9. The van der Waals surface area contributed by atoms with E-state index in [-0.39, 0.29) is 6.42 Å². The van der Waals surface area contributed by atoms with Gasteiger partial charge in [0.25, 0.3) is 0 Å². The molecule has 2 bridgehead atoms. The van der Waals surface area contributed by atoms with E-state index in [1.54, 1.807) is 0 Å². The summed E-state index contributed by atoms with van der Waals surface area (Å²) >= 11 is 12.7. The first-order chi connectivity index (χ1) is 13.0. The van der Waals surface area contributed by atoms with Crippen LogP contribution in [0.25, 0.3) is 0 Å². The number of aliphatic carboxylic acids is 1.